The van der Waals surface area contributed by atoms with Gasteiger partial charge in [-0.3, -0.25) is 4.79 Å². The number of rotatable bonds is 4. The highest BCUT2D eigenvalue weighted by atomic mass is 19.1. The molecule has 2 aromatic carbocycles. The van der Waals surface area contributed by atoms with E-state index in [0.29, 0.717) is 11.5 Å². The summed E-state index contributed by atoms with van der Waals surface area (Å²) < 4.78 is 18.7. The second-order valence-electron chi connectivity index (χ2n) is 9.03. The van der Waals surface area contributed by atoms with Gasteiger partial charge in [-0.25, -0.2) is 4.39 Å². The number of carbonyl (C=O) groups is 1. The van der Waals surface area contributed by atoms with Crippen LogP contribution in [0.5, 0.6) is 0 Å². The number of aromatic nitrogens is 1. The highest BCUT2D eigenvalue weighted by Crippen LogP contribution is 2.38. The summed E-state index contributed by atoms with van der Waals surface area (Å²) in [5, 5.41) is 8.14. The minimum atomic E-state index is -0.465. The number of hydrogen-bond acceptors (Lipinski definition) is 4. The first-order valence-corrected chi connectivity index (χ1v) is 10.6. The van der Waals surface area contributed by atoms with Gasteiger partial charge in [-0.05, 0) is 75.5 Å². The van der Waals surface area contributed by atoms with E-state index in [9.17, 15) is 9.18 Å². The number of likely N-dealkylation sites (tertiary alicyclic amines) is 1. The fourth-order valence-electron chi connectivity index (χ4n) is 4.72. The maximum atomic E-state index is 13.4. The normalized spacial score (nSPS) is 19.2. The molecule has 5 nitrogen and oxygen atoms in total. The molecule has 1 saturated heterocycles. The third-order valence-electron chi connectivity index (χ3n) is 6.73. The van der Waals surface area contributed by atoms with E-state index in [2.05, 4.69) is 27.5 Å². The number of nitrogens with zero attached hydrogens (tertiary/aromatic N) is 2. The van der Waals surface area contributed by atoms with Crippen LogP contribution in [-0.4, -0.2) is 35.6 Å². The molecule has 3 heterocycles. The molecule has 6 heteroatoms. The lowest BCUT2D eigenvalue weighted by atomic mass is 9.85. The van der Waals surface area contributed by atoms with Crippen LogP contribution >= 0.6 is 0 Å². The van der Waals surface area contributed by atoms with Gasteiger partial charge >= 0.3 is 0 Å². The second kappa shape index (κ2) is 7.20. The molecule has 30 heavy (non-hydrogen) atoms. The van der Waals surface area contributed by atoms with E-state index in [1.54, 1.807) is 6.07 Å². The average Bonchev–Trinajstić information content (AvgIpc) is 3.25. The van der Waals surface area contributed by atoms with Gasteiger partial charge in [0.05, 0.1) is 11.1 Å². The van der Waals surface area contributed by atoms with Crippen molar-refractivity contribution in [2.24, 2.45) is 0 Å². The van der Waals surface area contributed by atoms with Crippen LogP contribution in [0.1, 0.15) is 49.4 Å². The molecule has 0 radical (unpaired) electrons. The smallest absolute Gasteiger partial charge is 0.234 e. The van der Waals surface area contributed by atoms with Crippen LogP contribution in [0.15, 0.2) is 40.9 Å². The van der Waals surface area contributed by atoms with Gasteiger partial charge < -0.3 is 14.7 Å². The molecule has 1 amide bonds. The summed E-state index contributed by atoms with van der Waals surface area (Å²) in [5.41, 5.74) is 4.33. The Morgan fingerprint density at radius 3 is 2.80 bits per heavy atom. The zero-order valence-corrected chi connectivity index (χ0v) is 17.4. The van der Waals surface area contributed by atoms with E-state index in [1.807, 2.05) is 19.9 Å². The first-order valence-electron chi connectivity index (χ1n) is 10.6. The fraction of sp³-hybridized carbons (Fsp3) is 0.417. The average molecular weight is 407 g/mol. The van der Waals surface area contributed by atoms with Gasteiger partial charge in [0.25, 0.3) is 0 Å². The van der Waals surface area contributed by atoms with Crippen LogP contribution in [0.3, 0.4) is 0 Å². The van der Waals surface area contributed by atoms with Crippen molar-refractivity contribution in [3.63, 3.8) is 0 Å². The Morgan fingerprint density at radius 1 is 1.20 bits per heavy atom. The molecule has 0 spiro atoms. The predicted octanol–water partition coefficient (Wildman–Crippen LogP) is 4.62. The number of fused-ring (bicyclic) bond motifs is 2. The lowest BCUT2D eigenvalue weighted by Crippen LogP contribution is -2.34. The zero-order valence-electron chi connectivity index (χ0n) is 17.4. The molecule has 1 N–H and O–H groups in total. The molecule has 0 unspecified atom stereocenters. The van der Waals surface area contributed by atoms with Crippen LogP contribution in [-0.2, 0) is 16.6 Å². The van der Waals surface area contributed by atoms with Gasteiger partial charge in [-0.1, -0.05) is 17.3 Å². The summed E-state index contributed by atoms with van der Waals surface area (Å²) in [5.74, 6) is 0.126. The lowest BCUT2D eigenvalue weighted by molar-refractivity contribution is -0.119. The van der Waals surface area contributed by atoms with Crippen LogP contribution in [0.25, 0.3) is 11.0 Å². The summed E-state index contributed by atoms with van der Waals surface area (Å²) >= 11 is 0. The number of hydrogen-bond donors (Lipinski definition) is 1. The Hall–Kier alpha value is -2.73. The van der Waals surface area contributed by atoms with Crippen molar-refractivity contribution in [2.45, 2.75) is 44.4 Å². The van der Waals surface area contributed by atoms with E-state index in [0.717, 1.165) is 61.2 Å². The van der Waals surface area contributed by atoms with Crippen LogP contribution in [0.4, 0.5) is 10.1 Å². The summed E-state index contributed by atoms with van der Waals surface area (Å²) in [7, 11) is 0. The van der Waals surface area contributed by atoms with Gasteiger partial charge in [0.15, 0.2) is 5.58 Å². The van der Waals surface area contributed by atoms with Gasteiger partial charge in [0.2, 0.25) is 5.91 Å². The number of carbonyl (C=O) groups excluding carboxylic acids is 1. The molecular formula is C24H26FN3O2. The summed E-state index contributed by atoms with van der Waals surface area (Å²) in [6.45, 7) is 6.97. The number of halogens is 1. The molecule has 2 aliphatic rings. The molecule has 0 atom stereocenters. The van der Waals surface area contributed by atoms with E-state index >= 15 is 0 Å². The van der Waals surface area contributed by atoms with E-state index < -0.39 is 5.41 Å². The molecule has 1 aromatic heterocycles. The monoisotopic (exact) mass is 407 g/mol. The van der Waals surface area contributed by atoms with Crippen LogP contribution < -0.4 is 5.32 Å². The lowest BCUT2D eigenvalue weighted by Gasteiger charge is -2.31. The first kappa shape index (κ1) is 19.2. The molecule has 0 bridgehead atoms. The van der Waals surface area contributed by atoms with Crippen LogP contribution in [0.2, 0.25) is 0 Å². The number of benzene rings is 2. The predicted molar refractivity (Wildman–Crippen MR) is 114 cm³/mol. The largest absolute Gasteiger partial charge is 0.356 e. The number of anilines is 1. The third kappa shape index (κ3) is 3.29. The number of nitrogens with one attached hydrogen (secondary N) is 1. The molecule has 5 rings (SSSR count). The van der Waals surface area contributed by atoms with Gasteiger partial charge in [-0.15, -0.1) is 0 Å². The summed E-state index contributed by atoms with van der Waals surface area (Å²) in [4.78, 5) is 14.6. The van der Waals surface area contributed by atoms with Crippen molar-refractivity contribution >= 4 is 22.6 Å². The Morgan fingerprint density at radius 2 is 2.00 bits per heavy atom. The molecule has 1 fully saturated rings. The SMILES string of the molecule is CC1(C)C(=O)Nc2ccc(CCN3CCC(c4noc5cc(F)ccc45)CC3)cc21. The molecule has 156 valence electrons. The fourth-order valence-corrected chi connectivity index (χ4v) is 4.72. The maximum Gasteiger partial charge on any atom is 0.234 e. The van der Waals surface area contributed by atoms with E-state index in [-0.39, 0.29) is 11.7 Å². The highest BCUT2D eigenvalue weighted by Gasteiger charge is 2.38. The molecule has 0 saturated carbocycles. The van der Waals surface area contributed by atoms with Gasteiger partial charge in [-0.2, -0.15) is 0 Å². The Balaban J connectivity index is 1.20. The molecule has 0 aliphatic carbocycles. The van der Waals surface area contributed by atoms with Crippen molar-refractivity contribution in [3.05, 3.63) is 59.0 Å². The topological polar surface area (TPSA) is 58.4 Å². The van der Waals surface area contributed by atoms with Crippen molar-refractivity contribution < 1.29 is 13.7 Å². The standard InChI is InChI=1S/C24H26FN3O2/c1-24(2)19-13-15(3-6-20(19)26-23(24)29)7-10-28-11-8-16(9-12-28)22-18-5-4-17(25)14-21(18)30-27-22/h3-6,13-14,16H,7-12H2,1-2H3,(H,26,29). The molecule has 2 aliphatic heterocycles. The van der Waals surface area contributed by atoms with Crippen molar-refractivity contribution in [2.75, 3.05) is 25.0 Å². The molecule has 3 aromatic rings. The number of piperidine rings is 1. The van der Waals surface area contributed by atoms with Crippen molar-refractivity contribution in [3.8, 4) is 0 Å². The third-order valence-corrected chi connectivity index (χ3v) is 6.73. The Bertz CT molecular complexity index is 1110. The minimum Gasteiger partial charge on any atom is -0.356 e. The summed E-state index contributed by atoms with van der Waals surface area (Å²) in [6.07, 6.45) is 3.01. The second-order valence-corrected chi connectivity index (χ2v) is 9.03. The maximum absolute atomic E-state index is 13.4. The minimum absolute atomic E-state index is 0.0693. The Kier molecular flexibility index (Phi) is 4.62. The van der Waals surface area contributed by atoms with Gasteiger partial charge in [0.1, 0.15) is 5.82 Å². The quantitative estimate of drug-likeness (QED) is 0.686. The van der Waals surface area contributed by atoms with Crippen molar-refractivity contribution in [1.82, 2.24) is 10.1 Å². The Labute approximate surface area is 175 Å². The number of amides is 1. The van der Waals surface area contributed by atoms with Gasteiger partial charge in [0, 0.05) is 29.6 Å². The van der Waals surface area contributed by atoms with Crippen LogP contribution in [0, 0.1) is 5.82 Å². The highest BCUT2D eigenvalue weighted by molar-refractivity contribution is 6.05. The van der Waals surface area contributed by atoms with Crippen molar-refractivity contribution in [1.29, 1.82) is 0 Å². The molecular weight excluding hydrogens is 381 g/mol. The van der Waals surface area contributed by atoms with E-state index in [1.165, 1.54) is 17.7 Å². The van der Waals surface area contributed by atoms with E-state index in [4.69, 9.17) is 4.52 Å². The zero-order chi connectivity index (χ0) is 20.9. The first-order chi connectivity index (χ1) is 14.4. The summed E-state index contributed by atoms with van der Waals surface area (Å²) in [6, 6.07) is 11.0.